The molecular weight excluding hydrogens is 252 g/mol. The number of carbonyl (C=O) groups is 1. The lowest BCUT2D eigenvalue weighted by atomic mass is 10.1. The molecule has 4 heteroatoms. The summed E-state index contributed by atoms with van der Waals surface area (Å²) < 4.78 is 5.11. The number of amides is 2. The van der Waals surface area contributed by atoms with Gasteiger partial charge in [-0.25, -0.2) is 4.79 Å². The molecule has 0 heterocycles. The topological polar surface area (TPSA) is 50.4 Å². The summed E-state index contributed by atoms with van der Waals surface area (Å²) >= 11 is 0. The van der Waals surface area contributed by atoms with Crippen molar-refractivity contribution in [3.63, 3.8) is 0 Å². The van der Waals surface area contributed by atoms with Crippen molar-refractivity contribution >= 4 is 11.7 Å². The number of nitrogens with one attached hydrogen (secondary N) is 2. The first-order chi connectivity index (χ1) is 9.69. The Morgan fingerprint density at radius 1 is 1.05 bits per heavy atom. The molecule has 0 fully saturated rings. The molecule has 2 aromatic rings. The molecule has 0 aromatic heterocycles. The average molecular weight is 270 g/mol. The zero-order valence-corrected chi connectivity index (χ0v) is 11.6. The molecule has 0 aliphatic rings. The van der Waals surface area contributed by atoms with Gasteiger partial charge in [-0.1, -0.05) is 30.3 Å². The first-order valence-electron chi connectivity index (χ1n) is 6.45. The summed E-state index contributed by atoms with van der Waals surface area (Å²) in [6.45, 7) is 1.94. The van der Waals surface area contributed by atoms with Crippen LogP contribution in [0.2, 0.25) is 0 Å². The molecule has 2 rings (SSSR count). The van der Waals surface area contributed by atoms with E-state index in [0.717, 1.165) is 17.0 Å². The zero-order chi connectivity index (χ0) is 14.4. The van der Waals surface area contributed by atoms with Gasteiger partial charge in [-0.2, -0.15) is 0 Å². The van der Waals surface area contributed by atoms with Crippen LogP contribution < -0.4 is 15.4 Å². The second kappa shape index (κ2) is 6.61. The summed E-state index contributed by atoms with van der Waals surface area (Å²) in [7, 11) is 1.63. The van der Waals surface area contributed by atoms with Crippen LogP contribution >= 0.6 is 0 Å². The highest BCUT2D eigenvalue weighted by Crippen LogP contribution is 2.17. The molecule has 0 radical (unpaired) electrons. The molecule has 0 aliphatic carbocycles. The average Bonchev–Trinajstić information content (AvgIpc) is 2.48. The smallest absolute Gasteiger partial charge is 0.319 e. The molecule has 0 spiro atoms. The Hall–Kier alpha value is -2.49. The highest BCUT2D eigenvalue weighted by atomic mass is 16.5. The van der Waals surface area contributed by atoms with Crippen molar-refractivity contribution in [1.29, 1.82) is 0 Å². The summed E-state index contributed by atoms with van der Waals surface area (Å²) in [6, 6.07) is 16.7. The normalized spacial score (nSPS) is 11.5. The van der Waals surface area contributed by atoms with E-state index in [0.29, 0.717) is 0 Å². The Morgan fingerprint density at radius 3 is 2.30 bits per heavy atom. The fraction of sp³-hybridized carbons (Fsp3) is 0.188. The zero-order valence-electron chi connectivity index (χ0n) is 11.6. The van der Waals surface area contributed by atoms with Crippen LogP contribution in [0.3, 0.4) is 0 Å². The maximum absolute atomic E-state index is 11.9. The predicted molar refractivity (Wildman–Crippen MR) is 80.0 cm³/mol. The number of benzene rings is 2. The Bertz CT molecular complexity index is 552. The minimum atomic E-state index is -0.223. The standard InChI is InChI=1S/C16H18N2O2/c1-12(13-8-10-15(20-2)11-9-13)17-16(19)18-14-6-4-3-5-7-14/h3-12H,1-2H3,(H2,17,18,19)/t12-/m0/s1. The van der Waals surface area contributed by atoms with Gasteiger partial charge in [-0.05, 0) is 36.8 Å². The Morgan fingerprint density at radius 2 is 1.70 bits per heavy atom. The maximum atomic E-state index is 11.9. The SMILES string of the molecule is COc1ccc([C@H](C)NC(=O)Nc2ccccc2)cc1. The largest absolute Gasteiger partial charge is 0.497 e. The molecule has 0 saturated carbocycles. The molecule has 0 aliphatic heterocycles. The van der Waals surface area contributed by atoms with Gasteiger partial charge in [0.15, 0.2) is 0 Å². The molecule has 0 saturated heterocycles. The Kier molecular flexibility index (Phi) is 4.60. The highest BCUT2D eigenvalue weighted by Gasteiger charge is 2.09. The molecule has 104 valence electrons. The number of methoxy groups -OCH3 is 1. The number of rotatable bonds is 4. The first kappa shape index (κ1) is 13.9. The third-order valence-electron chi connectivity index (χ3n) is 3.00. The van der Waals surface area contributed by atoms with E-state index in [9.17, 15) is 4.79 Å². The van der Waals surface area contributed by atoms with Crippen LogP contribution in [0.4, 0.5) is 10.5 Å². The molecule has 0 bridgehead atoms. The molecule has 4 nitrogen and oxygen atoms in total. The highest BCUT2D eigenvalue weighted by molar-refractivity contribution is 5.89. The summed E-state index contributed by atoms with van der Waals surface area (Å²) in [4.78, 5) is 11.9. The van der Waals surface area contributed by atoms with Gasteiger partial charge in [0.05, 0.1) is 13.2 Å². The third-order valence-corrected chi connectivity index (χ3v) is 3.00. The fourth-order valence-corrected chi connectivity index (χ4v) is 1.86. The van der Waals surface area contributed by atoms with Crippen molar-refractivity contribution in [3.8, 4) is 5.75 Å². The Labute approximate surface area is 118 Å². The monoisotopic (exact) mass is 270 g/mol. The van der Waals surface area contributed by atoms with Crippen molar-refractivity contribution in [2.75, 3.05) is 12.4 Å². The van der Waals surface area contributed by atoms with E-state index in [1.165, 1.54) is 0 Å². The van der Waals surface area contributed by atoms with Crippen molar-refractivity contribution in [2.45, 2.75) is 13.0 Å². The summed E-state index contributed by atoms with van der Waals surface area (Å²) in [5.74, 6) is 0.801. The summed E-state index contributed by atoms with van der Waals surface area (Å²) in [6.07, 6.45) is 0. The van der Waals surface area contributed by atoms with E-state index in [2.05, 4.69) is 10.6 Å². The van der Waals surface area contributed by atoms with E-state index in [1.807, 2.05) is 61.5 Å². The van der Waals surface area contributed by atoms with Crippen molar-refractivity contribution in [1.82, 2.24) is 5.32 Å². The number of hydrogen-bond acceptors (Lipinski definition) is 2. The Balaban J connectivity index is 1.93. The van der Waals surface area contributed by atoms with Gasteiger partial charge < -0.3 is 15.4 Å². The quantitative estimate of drug-likeness (QED) is 0.892. The molecule has 1 atom stereocenters. The second-order valence-electron chi connectivity index (χ2n) is 4.46. The summed E-state index contributed by atoms with van der Waals surface area (Å²) in [5, 5.41) is 5.68. The van der Waals surface area contributed by atoms with Crippen LogP contribution in [0.5, 0.6) is 5.75 Å². The lowest BCUT2D eigenvalue weighted by molar-refractivity contribution is 0.249. The van der Waals surface area contributed by atoms with Crippen LogP contribution in [-0.4, -0.2) is 13.1 Å². The first-order valence-corrected chi connectivity index (χ1v) is 6.45. The van der Waals surface area contributed by atoms with E-state index in [1.54, 1.807) is 7.11 Å². The molecule has 2 N–H and O–H groups in total. The van der Waals surface area contributed by atoms with Crippen LogP contribution in [-0.2, 0) is 0 Å². The number of para-hydroxylation sites is 1. The van der Waals surface area contributed by atoms with Crippen LogP contribution in [0, 0.1) is 0 Å². The van der Waals surface area contributed by atoms with E-state index in [-0.39, 0.29) is 12.1 Å². The van der Waals surface area contributed by atoms with Gasteiger partial charge in [0.25, 0.3) is 0 Å². The lowest BCUT2D eigenvalue weighted by Gasteiger charge is -2.15. The number of carbonyl (C=O) groups excluding carboxylic acids is 1. The van der Waals surface area contributed by atoms with Gasteiger partial charge in [0.1, 0.15) is 5.75 Å². The van der Waals surface area contributed by atoms with Crippen LogP contribution in [0.1, 0.15) is 18.5 Å². The van der Waals surface area contributed by atoms with Gasteiger partial charge in [0, 0.05) is 5.69 Å². The molecule has 2 amide bonds. The van der Waals surface area contributed by atoms with Crippen molar-refractivity contribution in [3.05, 3.63) is 60.2 Å². The molecule has 2 aromatic carbocycles. The predicted octanol–water partition coefficient (Wildman–Crippen LogP) is 3.58. The molecule has 0 unspecified atom stereocenters. The van der Waals surface area contributed by atoms with E-state index < -0.39 is 0 Å². The van der Waals surface area contributed by atoms with Gasteiger partial charge >= 0.3 is 6.03 Å². The number of anilines is 1. The van der Waals surface area contributed by atoms with Crippen molar-refractivity contribution < 1.29 is 9.53 Å². The minimum absolute atomic E-state index is 0.0791. The summed E-state index contributed by atoms with van der Waals surface area (Å²) in [5.41, 5.74) is 1.79. The van der Waals surface area contributed by atoms with Gasteiger partial charge in [-0.15, -0.1) is 0 Å². The lowest BCUT2D eigenvalue weighted by Crippen LogP contribution is -2.31. The van der Waals surface area contributed by atoms with Crippen LogP contribution in [0.15, 0.2) is 54.6 Å². The van der Waals surface area contributed by atoms with Gasteiger partial charge in [0.2, 0.25) is 0 Å². The minimum Gasteiger partial charge on any atom is -0.497 e. The molecule has 20 heavy (non-hydrogen) atoms. The van der Waals surface area contributed by atoms with Crippen molar-refractivity contribution in [2.24, 2.45) is 0 Å². The van der Waals surface area contributed by atoms with Gasteiger partial charge in [-0.3, -0.25) is 0 Å². The van der Waals surface area contributed by atoms with E-state index >= 15 is 0 Å². The molecular formula is C16H18N2O2. The van der Waals surface area contributed by atoms with E-state index in [4.69, 9.17) is 4.74 Å². The fourth-order valence-electron chi connectivity index (χ4n) is 1.86. The third kappa shape index (κ3) is 3.75. The van der Waals surface area contributed by atoms with Crippen LogP contribution in [0.25, 0.3) is 0 Å². The number of urea groups is 1. The second-order valence-corrected chi connectivity index (χ2v) is 4.46. The number of ether oxygens (including phenoxy) is 1. The maximum Gasteiger partial charge on any atom is 0.319 e. The number of hydrogen-bond donors (Lipinski definition) is 2.